The van der Waals surface area contributed by atoms with Crippen molar-refractivity contribution in [3.63, 3.8) is 0 Å². The van der Waals surface area contributed by atoms with Gasteiger partial charge in [0.1, 0.15) is 0 Å². The van der Waals surface area contributed by atoms with Crippen molar-refractivity contribution in [2.24, 2.45) is 0 Å². The standard InChI is InChI=1S/C15H21ClN2S/c1-2-3-4-5-6-7-10-17-15-18-13-9-8-12(16)11-14(13)19-15/h8-9,11H,2-7,10H2,1H3,(H,17,18). The van der Waals surface area contributed by atoms with Gasteiger partial charge in [-0.05, 0) is 24.6 Å². The van der Waals surface area contributed by atoms with Crippen LogP contribution in [0.25, 0.3) is 10.2 Å². The van der Waals surface area contributed by atoms with E-state index >= 15 is 0 Å². The third-order valence-corrected chi connectivity index (χ3v) is 4.37. The molecule has 2 nitrogen and oxygen atoms in total. The summed E-state index contributed by atoms with van der Waals surface area (Å²) >= 11 is 7.65. The Morgan fingerprint density at radius 1 is 1.16 bits per heavy atom. The summed E-state index contributed by atoms with van der Waals surface area (Å²) in [6.07, 6.45) is 7.93. The van der Waals surface area contributed by atoms with Gasteiger partial charge in [0.25, 0.3) is 0 Å². The first-order valence-electron chi connectivity index (χ1n) is 7.09. The molecule has 0 saturated carbocycles. The minimum absolute atomic E-state index is 0.777. The fourth-order valence-electron chi connectivity index (χ4n) is 2.07. The van der Waals surface area contributed by atoms with Crippen LogP contribution in [0.4, 0.5) is 5.13 Å². The molecule has 0 spiro atoms. The number of unbranched alkanes of at least 4 members (excludes halogenated alkanes) is 5. The van der Waals surface area contributed by atoms with Gasteiger partial charge in [-0.15, -0.1) is 0 Å². The number of hydrogen-bond acceptors (Lipinski definition) is 3. The second kappa shape index (κ2) is 7.71. The largest absolute Gasteiger partial charge is 0.361 e. The van der Waals surface area contributed by atoms with E-state index in [1.165, 1.54) is 38.5 Å². The summed E-state index contributed by atoms with van der Waals surface area (Å²) < 4.78 is 1.15. The molecular formula is C15H21ClN2S. The second-order valence-corrected chi connectivity index (χ2v) is 6.29. The molecule has 1 aromatic heterocycles. The van der Waals surface area contributed by atoms with E-state index in [9.17, 15) is 0 Å². The van der Waals surface area contributed by atoms with Crippen molar-refractivity contribution in [1.82, 2.24) is 4.98 Å². The Labute approximate surface area is 124 Å². The van der Waals surface area contributed by atoms with Crippen molar-refractivity contribution in [1.29, 1.82) is 0 Å². The molecular weight excluding hydrogens is 276 g/mol. The molecule has 1 aromatic carbocycles. The number of nitrogens with one attached hydrogen (secondary N) is 1. The summed E-state index contributed by atoms with van der Waals surface area (Å²) in [6, 6.07) is 5.84. The molecule has 0 saturated heterocycles. The van der Waals surface area contributed by atoms with Crippen molar-refractivity contribution < 1.29 is 0 Å². The van der Waals surface area contributed by atoms with E-state index in [1.807, 2.05) is 18.2 Å². The lowest BCUT2D eigenvalue weighted by atomic mass is 10.1. The van der Waals surface area contributed by atoms with Gasteiger partial charge in [0, 0.05) is 11.6 Å². The molecule has 0 aliphatic carbocycles. The summed E-state index contributed by atoms with van der Waals surface area (Å²) in [4.78, 5) is 4.55. The molecule has 0 aliphatic heterocycles. The van der Waals surface area contributed by atoms with Crippen LogP contribution in [0.1, 0.15) is 45.4 Å². The Morgan fingerprint density at radius 2 is 1.95 bits per heavy atom. The second-order valence-electron chi connectivity index (χ2n) is 4.83. The minimum Gasteiger partial charge on any atom is -0.361 e. The predicted molar refractivity (Wildman–Crippen MR) is 86.5 cm³/mol. The van der Waals surface area contributed by atoms with Crippen LogP contribution in [0.5, 0.6) is 0 Å². The van der Waals surface area contributed by atoms with Gasteiger partial charge in [-0.1, -0.05) is 62.0 Å². The fraction of sp³-hybridized carbons (Fsp3) is 0.533. The average Bonchev–Trinajstić information content (AvgIpc) is 2.79. The highest BCUT2D eigenvalue weighted by Crippen LogP contribution is 2.28. The SMILES string of the molecule is CCCCCCCCNc1nc2ccc(Cl)cc2s1. The molecule has 0 unspecified atom stereocenters. The maximum absolute atomic E-state index is 5.97. The number of aromatic nitrogens is 1. The molecule has 0 aliphatic rings. The van der Waals surface area contributed by atoms with Crippen molar-refractivity contribution in [3.8, 4) is 0 Å². The first-order valence-corrected chi connectivity index (χ1v) is 8.29. The zero-order valence-electron chi connectivity index (χ0n) is 11.4. The Kier molecular flexibility index (Phi) is 5.93. The van der Waals surface area contributed by atoms with E-state index in [0.717, 1.165) is 26.9 Å². The molecule has 19 heavy (non-hydrogen) atoms. The summed E-state index contributed by atoms with van der Waals surface area (Å²) in [6.45, 7) is 3.26. The van der Waals surface area contributed by atoms with Gasteiger partial charge in [-0.2, -0.15) is 0 Å². The third kappa shape index (κ3) is 4.66. The highest BCUT2D eigenvalue weighted by molar-refractivity contribution is 7.22. The number of anilines is 1. The van der Waals surface area contributed by atoms with Gasteiger partial charge in [-0.25, -0.2) is 4.98 Å². The molecule has 1 heterocycles. The molecule has 4 heteroatoms. The molecule has 1 N–H and O–H groups in total. The van der Waals surface area contributed by atoms with Gasteiger partial charge in [0.15, 0.2) is 5.13 Å². The lowest BCUT2D eigenvalue weighted by Gasteiger charge is -2.02. The number of hydrogen-bond donors (Lipinski definition) is 1. The van der Waals surface area contributed by atoms with E-state index in [2.05, 4.69) is 17.2 Å². The topological polar surface area (TPSA) is 24.9 Å². The van der Waals surface area contributed by atoms with Gasteiger partial charge >= 0.3 is 0 Å². The molecule has 0 radical (unpaired) electrons. The molecule has 2 aromatic rings. The van der Waals surface area contributed by atoms with Crippen molar-refractivity contribution in [2.45, 2.75) is 45.4 Å². The summed E-state index contributed by atoms with van der Waals surface area (Å²) in [5.74, 6) is 0. The van der Waals surface area contributed by atoms with E-state index in [4.69, 9.17) is 11.6 Å². The number of rotatable bonds is 8. The average molecular weight is 297 g/mol. The zero-order valence-corrected chi connectivity index (χ0v) is 13.0. The Balaban J connectivity index is 1.72. The Morgan fingerprint density at radius 3 is 2.79 bits per heavy atom. The highest BCUT2D eigenvalue weighted by Gasteiger charge is 2.03. The smallest absolute Gasteiger partial charge is 0.183 e. The fourth-order valence-corrected chi connectivity index (χ4v) is 3.24. The van der Waals surface area contributed by atoms with Crippen LogP contribution in [-0.4, -0.2) is 11.5 Å². The van der Waals surface area contributed by atoms with E-state index < -0.39 is 0 Å². The van der Waals surface area contributed by atoms with Crippen molar-refractivity contribution >= 4 is 38.3 Å². The summed E-state index contributed by atoms with van der Waals surface area (Å²) in [5, 5.41) is 5.19. The van der Waals surface area contributed by atoms with Gasteiger partial charge in [-0.3, -0.25) is 0 Å². The molecule has 104 valence electrons. The summed E-state index contributed by atoms with van der Waals surface area (Å²) in [7, 11) is 0. The quantitative estimate of drug-likeness (QED) is 0.630. The van der Waals surface area contributed by atoms with E-state index in [-0.39, 0.29) is 0 Å². The maximum atomic E-state index is 5.97. The molecule has 2 rings (SSSR count). The van der Waals surface area contributed by atoms with Crippen LogP contribution >= 0.6 is 22.9 Å². The normalized spacial score (nSPS) is 11.1. The number of benzene rings is 1. The molecule has 0 fully saturated rings. The lowest BCUT2D eigenvalue weighted by Crippen LogP contribution is -2.00. The maximum Gasteiger partial charge on any atom is 0.183 e. The van der Waals surface area contributed by atoms with Crippen LogP contribution in [0.3, 0.4) is 0 Å². The van der Waals surface area contributed by atoms with Crippen LogP contribution < -0.4 is 5.32 Å². The molecule has 0 atom stereocenters. The highest BCUT2D eigenvalue weighted by atomic mass is 35.5. The number of nitrogens with zero attached hydrogens (tertiary/aromatic N) is 1. The van der Waals surface area contributed by atoms with Gasteiger partial charge in [0.2, 0.25) is 0 Å². The monoisotopic (exact) mass is 296 g/mol. The Bertz CT molecular complexity index is 510. The lowest BCUT2D eigenvalue weighted by molar-refractivity contribution is 0.617. The zero-order chi connectivity index (χ0) is 13.5. The number of thiazole rings is 1. The third-order valence-electron chi connectivity index (χ3n) is 3.16. The number of fused-ring (bicyclic) bond motifs is 1. The van der Waals surface area contributed by atoms with Gasteiger partial charge in [0.05, 0.1) is 10.2 Å². The van der Waals surface area contributed by atoms with E-state index in [0.29, 0.717) is 0 Å². The van der Waals surface area contributed by atoms with Gasteiger partial charge < -0.3 is 5.32 Å². The van der Waals surface area contributed by atoms with E-state index in [1.54, 1.807) is 11.3 Å². The molecule has 0 bridgehead atoms. The van der Waals surface area contributed by atoms with Crippen molar-refractivity contribution in [3.05, 3.63) is 23.2 Å². The predicted octanol–water partition coefficient (Wildman–Crippen LogP) is 5.72. The Hall–Kier alpha value is -0.800. The number of halogens is 1. The van der Waals surface area contributed by atoms with Crippen LogP contribution in [0.15, 0.2) is 18.2 Å². The van der Waals surface area contributed by atoms with Crippen LogP contribution in [0, 0.1) is 0 Å². The minimum atomic E-state index is 0.777. The van der Waals surface area contributed by atoms with Crippen LogP contribution in [-0.2, 0) is 0 Å². The van der Waals surface area contributed by atoms with Crippen LogP contribution in [0.2, 0.25) is 5.02 Å². The molecule has 0 amide bonds. The first-order chi connectivity index (χ1) is 9.29. The first kappa shape index (κ1) is 14.6. The van der Waals surface area contributed by atoms with Crippen molar-refractivity contribution in [2.75, 3.05) is 11.9 Å². The summed E-state index contributed by atoms with van der Waals surface area (Å²) in [5.41, 5.74) is 1.03.